The summed E-state index contributed by atoms with van der Waals surface area (Å²) in [5, 5.41) is 0. The van der Waals surface area contributed by atoms with E-state index in [0.717, 1.165) is 19.3 Å². The molecule has 2 heteroatoms. The summed E-state index contributed by atoms with van der Waals surface area (Å²) in [7, 11) is 0. The molecule has 1 nitrogen and oxygen atoms in total. The molecule has 7 heavy (non-hydrogen) atoms. The van der Waals surface area contributed by atoms with Crippen molar-refractivity contribution >= 4 is 21.8 Å². The standard InChI is InChI=1S/C5H7OSe/c6-4-1-2-5(7)3-4/h5H,1-3H2. The first kappa shape index (κ1) is 5.33. The van der Waals surface area contributed by atoms with Crippen molar-refractivity contribution in [2.24, 2.45) is 0 Å². The van der Waals surface area contributed by atoms with Crippen LogP contribution in [0.25, 0.3) is 0 Å². The van der Waals surface area contributed by atoms with Crippen molar-refractivity contribution in [1.82, 2.24) is 0 Å². The van der Waals surface area contributed by atoms with Crippen LogP contribution in [0.4, 0.5) is 0 Å². The fourth-order valence-electron chi connectivity index (χ4n) is 0.780. The summed E-state index contributed by atoms with van der Waals surface area (Å²) in [6.45, 7) is 0. The number of carbonyl (C=O) groups is 1. The van der Waals surface area contributed by atoms with E-state index in [1.54, 1.807) is 0 Å². The fraction of sp³-hybridized carbons (Fsp3) is 0.800. The quantitative estimate of drug-likeness (QED) is 0.479. The van der Waals surface area contributed by atoms with Crippen LogP contribution in [-0.2, 0) is 4.79 Å². The molecule has 0 aromatic rings. The van der Waals surface area contributed by atoms with Gasteiger partial charge in [-0.3, -0.25) is 0 Å². The molecule has 1 rings (SSSR count). The van der Waals surface area contributed by atoms with Crippen LogP contribution in [0.3, 0.4) is 0 Å². The van der Waals surface area contributed by atoms with E-state index in [9.17, 15) is 4.79 Å². The van der Waals surface area contributed by atoms with Gasteiger partial charge in [-0.15, -0.1) is 0 Å². The van der Waals surface area contributed by atoms with Crippen LogP contribution in [0.15, 0.2) is 0 Å². The predicted octanol–water partition coefficient (Wildman–Crippen LogP) is 0.696. The second-order valence-corrected chi connectivity index (χ2v) is 3.30. The van der Waals surface area contributed by atoms with Gasteiger partial charge in [0.15, 0.2) is 0 Å². The molecular formula is C5H7OSe. The summed E-state index contributed by atoms with van der Waals surface area (Å²) in [6, 6.07) is 0. The summed E-state index contributed by atoms with van der Waals surface area (Å²) in [5.74, 6) is 0.420. The van der Waals surface area contributed by atoms with Crippen LogP contribution in [0, 0.1) is 0 Å². The Bertz CT molecular complexity index is 90.1. The first-order chi connectivity index (χ1) is 3.29. The van der Waals surface area contributed by atoms with Crippen LogP contribution < -0.4 is 0 Å². The fourth-order valence-corrected chi connectivity index (χ4v) is 1.42. The first-order valence-electron chi connectivity index (χ1n) is 2.46. The third-order valence-electron chi connectivity index (χ3n) is 1.20. The van der Waals surface area contributed by atoms with Gasteiger partial charge in [-0.25, -0.2) is 0 Å². The molecule has 1 unspecified atom stereocenters. The van der Waals surface area contributed by atoms with Crippen molar-refractivity contribution < 1.29 is 4.79 Å². The van der Waals surface area contributed by atoms with E-state index in [1.165, 1.54) is 0 Å². The van der Waals surface area contributed by atoms with Crippen molar-refractivity contribution in [1.29, 1.82) is 0 Å². The molecule has 0 bridgehead atoms. The van der Waals surface area contributed by atoms with E-state index in [-0.39, 0.29) is 0 Å². The monoisotopic (exact) mass is 163 g/mol. The first-order valence-corrected chi connectivity index (χ1v) is 3.45. The molecule has 0 amide bonds. The Balaban J connectivity index is 2.40. The van der Waals surface area contributed by atoms with Crippen LogP contribution in [0.1, 0.15) is 19.3 Å². The molecule has 1 saturated carbocycles. The Labute approximate surface area is 51.3 Å². The minimum atomic E-state index is 0.420. The topological polar surface area (TPSA) is 17.1 Å². The van der Waals surface area contributed by atoms with Gasteiger partial charge in [0.05, 0.1) is 0 Å². The summed E-state index contributed by atoms with van der Waals surface area (Å²) in [6.07, 6.45) is 2.65. The van der Waals surface area contributed by atoms with Gasteiger partial charge < -0.3 is 0 Å². The summed E-state index contributed by atoms with van der Waals surface area (Å²) in [4.78, 5) is 11.0. The molecule has 0 aliphatic heterocycles. The SMILES string of the molecule is O=C1CCC([Se])C1. The molecule has 39 valence electrons. The Morgan fingerprint density at radius 3 is 2.57 bits per heavy atom. The van der Waals surface area contributed by atoms with Crippen molar-refractivity contribution in [2.75, 3.05) is 0 Å². The van der Waals surface area contributed by atoms with Gasteiger partial charge in [-0.2, -0.15) is 0 Å². The molecule has 1 radical (unpaired) electrons. The van der Waals surface area contributed by atoms with E-state index >= 15 is 0 Å². The van der Waals surface area contributed by atoms with Gasteiger partial charge in [0.25, 0.3) is 0 Å². The summed E-state index contributed by atoms with van der Waals surface area (Å²) < 4.78 is 0. The van der Waals surface area contributed by atoms with E-state index < -0.39 is 0 Å². The third-order valence-corrected chi connectivity index (χ3v) is 2.04. The average Bonchev–Trinajstić information content (AvgIpc) is 1.87. The Morgan fingerprint density at radius 2 is 2.43 bits per heavy atom. The average molecular weight is 162 g/mol. The molecule has 1 aliphatic carbocycles. The normalized spacial score (nSPS) is 31.6. The van der Waals surface area contributed by atoms with Gasteiger partial charge >= 0.3 is 50.7 Å². The molecular weight excluding hydrogens is 155 g/mol. The van der Waals surface area contributed by atoms with E-state index in [2.05, 4.69) is 16.0 Å². The molecule has 0 heterocycles. The summed E-state index contributed by atoms with van der Waals surface area (Å²) >= 11 is 2.95. The zero-order chi connectivity index (χ0) is 5.28. The maximum atomic E-state index is 10.4. The number of hydrogen-bond donors (Lipinski definition) is 0. The number of rotatable bonds is 0. The van der Waals surface area contributed by atoms with Crippen molar-refractivity contribution in [2.45, 2.75) is 24.1 Å². The second-order valence-electron chi connectivity index (χ2n) is 1.90. The molecule has 1 aliphatic rings. The number of Topliss-reactive ketones (excluding diaryl/α,β-unsaturated/α-hetero) is 1. The Kier molecular flexibility index (Phi) is 1.50. The van der Waals surface area contributed by atoms with Gasteiger partial charge in [0.1, 0.15) is 0 Å². The molecule has 0 saturated heterocycles. The van der Waals surface area contributed by atoms with E-state index in [0.29, 0.717) is 10.6 Å². The van der Waals surface area contributed by atoms with Crippen LogP contribution in [0.2, 0.25) is 4.82 Å². The number of ketones is 1. The van der Waals surface area contributed by atoms with Crippen LogP contribution in [0.5, 0.6) is 0 Å². The van der Waals surface area contributed by atoms with Crippen molar-refractivity contribution in [3.63, 3.8) is 0 Å². The number of carbonyl (C=O) groups excluding carboxylic acids is 1. The molecule has 1 fully saturated rings. The van der Waals surface area contributed by atoms with Gasteiger partial charge in [0.2, 0.25) is 0 Å². The molecule has 0 aromatic carbocycles. The van der Waals surface area contributed by atoms with E-state index in [4.69, 9.17) is 0 Å². The predicted molar refractivity (Wildman–Crippen MR) is 28.4 cm³/mol. The summed E-state index contributed by atoms with van der Waals surface area (Å²) in [5.41, 5.74) is 0. The second kappa shape index (κ2) is 1.97. The van der Waals surface area contributed by atoms with Gasteiger partial charge in [-0.1, -0.05) is 0 Å². The molecule has 0 spiro atoms. The Morgan fingerprint density at radius 1 is 1.71 bits per heavy atom. The third kappa shape index (κ3) is 1.29. The van der Waals surface area contributed by atoms with Crippen molar-refractivity contribution in [3.8, 4) is 0 Å². The zero-order valence-corrected chi connectivity index (χ0v) is 5.73. The van der Waals surface area contributed by atoms with E-state index in [1.807, 2.05) is 0 Å². The molecule has 0 N–H and O–H groups in total. The maximum absolute atomic E-state index is 10.4. The van der Waals surface area contributed by atoms with Crippen LogP contribution in [-0.4, -0.2) is 21.8 Å². The Hall–Kier alpha value is 0.189. The molecule has 0 aromatic heterocycles. The van der Waals surface area contributed by atoms with Gasteiger partial charge in [0, 0.05) is 0 Å². The van der Waals surface area contributed by atoms with Gasteiger partial charge in [-0.05, 0) is 0 Å². The van der Waals surface area contributed by atoms with Crippen LogP contribution >= 0.6 is 0 Å². The minimum absolute atomic E-state index is 0.420. The molecule has 1 atom stereocenters. The van der Waals surface area contributed by atoms with Crippen molar-refractivity contribution in [3.05, 3.63) is 0 Å². The number of hydrogen-bond acceptors (Lipinski definition) is 1. The zero-order valence-electron chi connectivity index (χ0n) is 4.02.